The average Bonchev–Trinajstić information content (AvgIpc) is 2.06. The quantitative estimate of drug-likeness (QED) is 0.571. The molecule has 11 heavy (non-hydrogen) atoms. The molecule has 0 aromatic heterocycles. The first kappa shape index (κ1) is 8.76. The zero-order chi connectivity index (χ0) is 8.10. The van der Waals surface area contributed by atoms with Gasteiger partial charge in [0.05, 0.1) is 0 Å². The number of hydrogen-bond acceptors (Lipinski definition) is 1. The lowest BCUT2D eigenvalue weighted by Gasteiger charge is -2.25. The molecule has 0 N–H and O–H groups in total. The lowest BCUT2D eigenvalue weighted by molar-refractivity contribution is -0.112. The molecule has 0 saturated heterocycles. The zero-order valence-corrected chi connectivity index (χ0v) is 7.38. The summed E-state index contributed by atoms with van der Waals surface area (Å²) in [6.07, 6.45) is 8.69. The topological polar surface area (TPSA) is 17.1 Å². The van der Waals surface area contributed by atoms with Crippen LogP contribution in [0.2, 0.25) is 0 Å². The highest BCUT2D eigenvalue weighted by molar-refractivity contribution is 5.53. The van der Waals surface area contributed by atoms with Gasteiger partial charge in [-0.3, -0.25) is 0 Å². The van der Waals surface area contributed by atoms with E-state index in [4.69, 9.17) is 0 Å². The van der Waals surface area contributed by atoms with Crippen LogP contribution < -0.4 is 0 Å². The summed E-state index contributed by atoms with van der Waals surface area (Å²) in [5, 5.41) is 0. The number of carbonyl (C=O) groups is 1. The van der Waals surface area contributed by atoms with E-state index in [1.807, 2.05) is 0 Å². The number of carbonyl (C=O) groups excluding carboxylic acids is 1. The Morgan fingerprint density at radius 1 is 1.45 bits per heavy atom. The summed E-state index contributed by atoms with van der Waals surface area (Å²) < 4.78 is 0. The van der Waals surface area contributed by atoms with Crippen molar-refractivity contribution >= 4 is 6.29 Å². The molecule has 2 atom stereocenters. The SMILES string of the molecule is CCCC1CCCC(C=O)C1. The van der Waals surface area contributed by atoms with Crippen molar-refractivity contribution in [1.29, 1.82) is 0 Å². The molecule has 0 radical (unpaired) electrons. The molecule has 2 unspecified atom stereocenters. The Labute approximate surface area is 69.2 Å². The Morgan fingerprint density at radius 2 is 2.27 bits per heavy atom. The normalized spacial score (nSPS) is 31.7. The summed E-state index contributed by atoms with van der Waals surface area (Å²) in [6, 6.07) is 0. The summed E-state index contributed by atoms with van der Waals surface area (Å²) in [5.74, 6) is 1.24. The third-order valence-corrected chi connectivity index (χ3v) is 2.71. The Morgan fingerprint density at radius 3 is 2.91 bits per heavy atom. The van der Waals surface area contributed by atoms with E-state index in [1.165, 1.54) is 25.7 Å². The van der Waals surface area contributed by atoms with Crippen molar-refractivity contribution in [2.75, 3.05) is 0 Å². The molecule has 0 spiro atoms. The van der Waals surface area contributed by atoms with Gasteiger partial charge in [0, 0.05) is 5.92 Å². The first-order valence-electron chi connectivity index (χ1n) is 4.82. The maximum Gasteiger partial charge on any atom is 0.123 e. The molecule has 0 heterocycles. The van der Waals surface area contributed by atoms with Gasteiger partial charge in [0.15, 0.2) is 0 Å². The van der Waals surface area contributed by atoms with E-state index in [0.717, 1.165) is 25.0 Å². The summed E-state index contributed by atoms with van der Waals surface area (Å²) in [6.45, 7) is 2.23. The van der Waals surface area contributed by atoms with Crippen molar-refractivity contribution in [3.63, 3.8) is 0 Å². The van der Waals surface area contributed by atoms with Gasteiger partial charge >= 0.3 is 0 Å². The van der Waals surface area contributed by atoms with Crippen LogP contribution in [0.4, 0.5) is 0 Å². The highest BCUT2D eigenvalue weighted by Gasteiger charge is 2.20. The van der Waals surface area contributed by atoms with Gasteiger partial charge in [-0.05, 0) is 18.8 Å². The van der Waals surface area contributed by atoms with Gasteiger partial charge in [0.25, 0.3) is 0 Å². The standard InChI is InChI=1S/C10H18O/c1-2-4-9-5-3-6-10(7-9)8-11/h8-10H,2-7H2,1H3. The molecule has 0 amide bonds. The maximum atomic E-state index is 10.5. The fourth-order valence-electron chi connectivity index (χ4n) is 2.13. The molecule has 1 rings (SSSR count). The van der Waals surface area contributed by atoms with E-state index in [1.54, 1.807) is 0 Å². The fourth-order valence-corrected chi connectivity index (χ4v) is 2.13. The molecule has 0 aromatic carbocycles. The van der Waals surface area contributed by atoms with Crippen LogP contribution in [-0.4, -0.2) is 6.29 Å². The summed E-state index contributed by atoms with van der Waals surface area (Å²) in [5.41, 5.74) is 0. The molecule has 1 nitrogen and oxygen atoms in total. The maximum absolute atomic E-state index is 10.5. The van der Waals surface area contributed by atoms with Gasteiger partial charge in [-0.15, -0.1) is 0 Å². The molecule has 1 saturated carbocycles. The summed E-state index contributed by atoms with van der Waals surface area (Å²) >= 11 is 0. The van der Waals surface area contributed by atoms with E-state index < -0.39 is 0 Å². The predicted octanol–water partition coefficient (Wildman–Crippen LogP) is 2.79. The van der Waals surface area contributed by atoms with Crippen molar-refractivity contribution in [2.24, 2.45) is 11.8 Å². The predicted molar refractivity (Wildman–Crippen MR) is 46.4 cm³/mol. The molecule has 1 aliphatic rings. The van der Waals surface area contributed by atoms with Crippen molar-refractivity contribution < 1.29 is 4.79 Å². The van der Waals surface area contributed by atoms with Crippen molar-refractivity contribution in [3.8, 4) is 0 Å². The minimum absolute atomic E-state index is 0.389. The molecule has 64 valence electrons. The first-order valence-corrected chi connectivity index (χ1v) is 4.82. The molecule has 0 aromatic rings. The minimum Gasteiger partial charge on any atom is -0.303 e. The summed E-state index contributed by atoms with van der Waals surface area (Å²) in [7, 11) is 0. The highest BCUT2D eigenvalue weighted by atomic mass is 16.1. The monoisotopic (exact) mass is 154 g/mol. The van der Waals surface area contributed by atoms with Gasteiger partial charge in [0.2, 0.25) is 0 Å². The molecule has 0 bridgehead atoms. The second-order valence-corrected chi connectivity index (χ2v) is 3.72. The minimum atomic E-state index is 0.389. The lowest BCUT2D eigenvalue weighted by Crippen LogP contribution is -2.16. The largest absolute Gasteiger partial charge is 0.303 e. The van der Waals surface area contributed by atoms with Crippen LogP contribution in [0.1, 0.15) is 45.4 Å². The number of aldehydes is 1. The van der Waals surface area contributed by atoms with Crippen LogP contribution in [-0.2, 0) is 4.79 Å². The molecule has 1 aliphatic carbocycles. The van der Waals surface area contributed by atoms with Crippen LogP contribution in [0.15, 0.2) is 0 Å². The van der Waals surface area contributed by atoms with Gasteiger partial charge in [-0.2, -0.15) is 0 Å². The summed E-state index contributed by atoms with van der Waals surface area (Å²) in [4.78, 5) is 10.5. The smallest absolute Gasteiger partial charge is 0.123 e. The van der Waals surface area contributed by atoms with E-state index in [-0.39, 0.29) is 0 Å². The third-order valence-electron chi connectivity index (χ3n) is 2.71. The van der Waals surface area contributed by atoms with Gasteiger partial charge < -0.3 is 4.79 Å². The van der Waals surface area contributed by atoms with Crippen LogP contribution in [0.3, 0.4) is 0 Å². The van der Waals surface area contributed by atoms with Crippen molar-refractivity contribution in [3.05, 3.63) is 0 Å². The molecule has 1 heteroatoms. The van der Waals surface area contributed by atoms with E-state index in [0.29, 0.717) is 5.92 Å². The van der Waals surface area contributed by atoms with Crippen LogP contribution >= 0.6 is 0 Å². The Kier molecular flexibility index (Phi) is 3.61. The van der Waals surface area contributed by atoms with E-state index >= 15 is 0 Å². The van der Waals surface area contributed by atoms with E-state index in [2.05, 4.69) is 6.92 Å². The number of rotatable bonds is 3. The third kappa shape index (κ3) is 2.64. The Balaban J connectivity index is 2.27. The lowest BCUT2D eigenvalue weighted by atomic mass is 9.80. The zero-order valence-electron chi connectivity index (χ0n) is 7.38. The number of hydrogen-bond donors (Lipinski definition) is 0. The van der Waals surface area contributed by atoms with Gasteiger partial charge in [-0.25, -0.2) is 0 Å². The Hall–Kier alpha value is -0.330. The second kappa shape index (κ2) is 4.53. The first-order chi connectivity index (χ1) is 5.36. The Bertz CT molecular complexity index is 118. The highest BCUT2D eigenvalue weighted by Crippen LogP contribution is 2.30. The van der Waals surface area contributed by atoms with Gasteiger partial charge in [-0.1, -0.05) is 32.6 Å². The van der Waals surface area contributed by atoms with Crippen LogP contribution in [0, 0.1) is 11.8 Å². The average molecular weight is 154 g/mol. The van der Waals surface area contributed by atoms with E-state index in [9.17, 15) is 4.79 Å². The molecule has 1 fully saturated rings. The van der Waals surface area contributed by atoms with Crippen LogP contribution in [0.5, 0.6) is 0 Å². The molecular weight excluding hydrogens is 136 g/mol. The van der Waals surface area contributed by atoms with Crippen LogP contribution in [0.25, 0.3) is 0 Å². The van der Waals surface area contributed by atoms with Crippen molar-refractivity contribution in [2.45, 2.75) is 45.4 Å². The van der Waals surface area contributed by atoms with Crippen molar-refractivity contribution in [1.82, 2.24) is 0 Å². The second-order valence-electron chi connectivity index (χ2n) is 3.72. The fraction of sp³-hybridized carbons (Fsp3) is 0.900. The van der Waals surface area contributed by atoms with Gasteiger partial charge in [0.1, 0.15) is 6.29 Å². The molecular formula is C10H18O. The molecule has 0 aliphatic heterocycles.